The Bertz CT molecular complexity index is 453. The molecular formula is C11H10BrIN2. The summed E-state index contributed by atoms with van der Waals surface area (Å²) in [6.45, 7) is 0.922. The zero-order chi connectivity index (χ0) is 10.7. The normalized spacial score (nSPS) is 10.5. The molecule has 0 aliphatic rings. The van der Waals surface area contributed by atoms with Gasteiger partial charge in [-0.2, -0.15) is 5.10 Å². The van der Waals surface area contributed by atoms with Crippen LogP contribution in [0.25, 0.3) is 0 Å². The second-order valence-corrected chi connectivity index (χ2v) is 5.36. The smallest absolute Gasteiger partial charge is 0.0623 e. The lowest BCUT2D eigenvalue weighted by Gasteiger charge is -2.04. The number of aromatic nitrogens is 2. The summed E-state index contributed by atoms with van der Waals surface area (Å²) in [5, 5.41) is 4.25. The highest BCUT2D eigenvalue weighted by molar-refractivity contribution is 14.1. The minimum absolute atomic E-state index is 0.922. The van der Waals surface area contributed by atoms with E-state index in [-0.39, 0.29) is 0 Å². The van der Waals surface area contributed by atoms with Crippen LogP contribution in [0.5, 0.6) is 0 Å². The van der Waals surface area contributed by atoms with Crippen LogP contribution in [0.4, 0.5) is 0 Å². The molecule has 1 aromatic carbocycles. The Morgan fingerprint density at radius 2 is 2.13 bits per heavy atom. The summed E-state index contributed by atoms with van der Waals surface area (Å²) in [4.78, 5) is 0. The van der Waals surface area contributed by atoms with Crippen LogP contribution < -0.4 is 0 Å². The average molecular weight is 377 g/mol. The van der Waals surface area contributed by atoms with E-state index in [1.807, 2.05) is 16.9 Å². The Kier molecular flexibility index (Phi) is 3.80. The van der Waals surface area contributed by atoms with E-state index in [9.17, 15) is 0 Å². The van der Waals surface area contributed by atoms with E-state index >= 15 is 0 Å². The Hall–Kier alpha value is -0.360. The molecule has 1 aromatic heterocycles. The summed E-state index contributed by atoms with van der Waals surface area (Å²) in [5.74, 6) is 0. The summed E-state index contributed by atoms with van der Waals surface area (Å²) in [6.07, 6.45) is 4.93. The van der Waals surface area contributed by atoms with Crippen molar-refractivity contribution >= 4 is 38.5 Å². The van der Waals surface area contributed by atoms with Gasteiger partial charge in [-0.05, 0) is 40.6 Å². The van der Waals surface area contributed by atoms with Crippen molar-refractivity contribution in [1.82, 2.24) is 9.78 Å². The van der Waals surface area contributed by atoms with Crippen LogP contribution in [0.1, 0.15) is 5.56 Å². The number of hydrogen-bond acceptors (Lipinski definition) is 1. The molecule has 0 N–H and O–H groups in total. The van der Waals surface area contributed by atoms with Gasteiger partial charge in [0, 0.05) is 17.2 Å². The van der Waals surface area contributed by atoms with Crippen molar-refractivity contribution < 1.29 is 0 Å². The number of rotatable bonds is 3. The monoisotopic (exact) mass is 376 g/mol. The summed E-state index contributed by atoms with van der Waals surface area (Å²) in [6, 6.07) is 8.30. The molecule has 0 spiro atoms. The number of aryl methyl sites for hydroxylation is 2. The van der Waals surface area contributed by atoms with E-state index in [0.29, 0.717) is 0 Å². The predicted octanol–water partition coefficient (Wildman–Crippen LogP) is 3.49. The minimum Gasteiger partial charge on any atom is -0.271 e. The molecule has 78 valence electrons. The van der Waals surface area contributed by atoms with Gasteiger partial charge >= 0.3 is 0 Å². The summed E-state index contributed by atoms with van der Waals surface area (Å²) < 4.78 is 4.33. The Labute approximate surface area is 111 Å². The Morgan fingerprint density at radius 3 is 2.80 bits per heavy atom. The molecule has 15 heavy (non-hydrogen) atoms. The van der Waals surface area contributed by atoms with Crippen molar-refractivity contribution in [3.05, 3.63) is 50.3 Å². The van der Waals surface area contributed by atoms with Gasteiger partial charge in [0.1, 0.15) is 0 Å². The second-order valence-electron chi connectivity index (χ2n) is 3.26. The van der Waals surface area contributed by atoms with Gasteiger partial charge in [-0.1, -0.05) is 34.1 Å². The first kappa shape index (κ1) is 11.1. The molecule has 2 aromatic rings. The van der Waals surface area contributed by atoms with Crippen LogP contribution in [0, 0.1) is 3.57 Å². The molecular weight excluding hydrogens is 367 g/mol. The zero-order valence-electron chi connectivity index (χ0n) is 8.03. The molecule has 0 amide bonds. The first-order chi connectivity index (χ1) is 7.25. The molecule has 0 unspecified atom stereocenters. The van der Waals surface area contributed by atoms with Crippen molar-refractivity contribution in [1.29, 1.82) is 0 Å². The van der Waals surface area contributed by atoms with Gasteiger partial charge in [-0.15, -0.1) is 0 Å². The SMILES string of the molecule is Brc1ccccc1CCn1cc(I)cn1. The summed E-state index contributed by atoms with van der Waals surface area (Å²) in [7, 11) is 0. The van der Waals surface area contributed by atoms with E-state index < -0.39 is 0 Å². The highest BCUT2D eigenvalue weighted by atomic mass is 127. The molecule has 1 heterocycles. The third kappa shape index (κ3) is 3.04. The molecule has 4 heteroatoms. The van der Waals surface area contributed by atoms with Crippen LogP contribution >= 0.6 is 38.5 Å². The van der Waals surface area contributed by atoms with Crippen molar-refractivity contribution in [3.63, 3.8) is 0 Å². The molecule has 0 atom stereocenters. The van der Waals surface area contributed by atoms with Gasteiger partial charge in [0.15, 0.2) is 0 Å². The number of nitrogens with zero attached hydrogens (tertiary/aromatic N) is 2. The van der Waals surface area contributed by atoms with Crippen molar-refractivity contribution in [2.45, 2.75) is 13.0 Å². The standard InChI is InChI=1S/C11H10BrIN2/c12-11-4-2-1-3-9(11)5-6-15-8-10(13)7-14-15/h1-4,7-8H,5-6H2. The van der Waals surface area contributed by atoms with Gasteiger partial charge in [0.2, 0.25) is 0 Å². The van der Waals surface area contributed by atoms with E-state index in [4.69, 9.17) is 0 Å². The number of benzene rings is 1. The van der Waals surface area contributed by atoms with Gasteiger partial charge in [0.05, 0.1) is 9.77 Å². The van der Waals surface area contributed by atoms with Crippen LogP contribution in [0.2, 0.25) is 0 Å². The average Bonchev–Trinajstić information content (AvgIpc) is 2.63. The largest absolute Gasteiger partial charge is 0.271 e. The first-order valence-electron chi connectivity index (χ1n) is 4.67. The Balaban J connectivity index is 2.02. The van der Waals surface area contributed by atoms with Crippen molar-refractivity contribution in [3.8, 4) is 0 Å². The molecule has 0 aliphatic carbocycles. The van der Waals surface area contributed by atoms with Gasteiger partial charge in [0.25, 0.3) is 0 Å². The van der Waals surface area contributed by atoms with E-state index in [0.717, 1.165) is 13.0 Å². The Morgan fingerprint density at radius 1 is 1.33 bits per heavy atom. The van der Waals surface area contributed by atoms with E-state index in [1.165, 1.54) is 13.6 Å². The van der Waals surface area contributed by atoms with Crippen LogP contribution in [0.3, 0.4) is 0 Å². The maximum atomic E-state index is 4.25. The lowest BCUT2D eigenvalue weighted by Crippen LogP contribution is -2.01. The molecule has 0 fully saturated rings. The molecule has 2 nitrogen and oxygen atoms in total. The topological polar surface area (TPSA) is 17.8 Å². The van der Waals surface area contributed by atoms with Gasteiger partial charge in [-0.3, -0.25) is 4.68 Å². The summed E-state index contributed by atoms with van der Waals surface area (Å²) in [5.41, 5.74) is 1.32. The maximum Gasteiger partial charge on any atom is 0.0623 e. The first-order valence-corrected chi connectivity index (χ1v) is 6.54. The van der Waals surface area contributed by atoms with Gasteiger partial charge < -0.3 is 0 Å². The fourth-order valence-corrected chi connectivity index (χ4v) is 2.33. The van der Waals surface area contributed by atoms with Crippen LogP contribution in [-0.4, -0.2) is 9.78 Å². The van der Waals surface area contributed by atoms with Crippen molar-refractivity contribution in [2.75, 3.05) is 0 Å². The predicted molar refractivity (Wildman–Crippen MR) is 72.8 cm³/mol. The highest BCUT2D eigenvalue weighted by Crippen LogP contribution is 2.16. The number of hydrogen-bond donors (Lipinski definition) is 0. The third-order valence-electron chi connectivity index (χ3n) is 2.17. The van der Waals surface area contributed by atoms with Gasteiger partial charge in [-0.25, -0.2) is 0 Å². The van der Waals surface area contributed by atoms with Crippen LogP contribution in [0.15, 0.2) is 41.1 Å². The summed E-state index contributed by atoms with van der Waals surface area (Å²) >= 11 is 5.81. The lowest BCUT2D eigenvalue weighted by atomic mass is 10.1. The zero-order valence-corrected chi connectivity index (χ0v) is 11.8. The van der Waals surface area contributed by atoms with E-state index in [1.54, 1.807) is 0 Å². The minimum atomic E-state index is 0.922. The second kappa shape index (κ2) is 5.12. The third-order valence-corrected chi connectivity index (χ3v) is 3.50. The molecule has 0 saturated heterocycles. The number of halogens is 2. The highest BCUT2D eigenvalue weighted by Gasteiger charge is 1.99. The molecule has 2 rings (SSSR count). The maximum absolute atomic E-state index is 4.25. The van der Waals surface area contributed by atoms with E-state index in [2.05, 4.69) is 68.0 Å². The fraction of sp³-hybridized carbons (Fsp3) is 0.182. The quantitative estimate of drug-likeness (QED) is 0.750. The molecule has 0 bridgehead atoms. The molecule has 0 radical (unpaired) electrons. The fourth-order valence-electron chi connectivity index (χ4n) is 1.40. The van der Waals surface area contributed by atoms with Crippen LogP contribution in [-0.2, 0) is 13.0 Å². The molecule has 0 aliphatic heterocycles. The van der Waals surface area contributed by atoms with Crippen molar-refractivity contribution in [2.24, 2.45) is 0 Å². The molecule has 0 saturated carbocycles. The lowest BCUT2D eigenvalue weighted by molar-refractivity contribution is 0.614.